The Hall–Kier alpha value is -3.53. The molecule has 1 aromatic carbocycles. The standard InChI is InChI=1S/C21H19ClF2N6O2/c1-3-29-17(14(22)10-26-29)11-25-21(31)13-9-27-30-16(19(23)24)8-15(28-20(13)30)12-6-4-5-7-18(12)32-2/h4-10,19H,3,11H2,1-2H3,(H,25,31). The molecule has 8 nitrogen and oxygen atoms in total. The van der Waals surface area contributed by atoms with E-state index in [4.69, 9.17) is 16.3 Å². The molecule has 32 heavy (non-hydrogen) atoms. The van der Waals surface area contributed by atoms with Gasteiger partial charge in [-0.3, -0.25) is 9.48 Å². The lowest BCUT2D eigenvalue weighted by Gasteiger charge is -2.11. The predicted molar refractivity (Wildman–Crippen MR) is 114 cm³/mol. The molecule has 166 valence electrons. The van der Waals surface area contributed by atoms with Crippen LogP contribution in [0.2, 0.25) is 5.02 Å². The second-order valence-electron chi connectivity index (χ2n) is 6.80. The van der Waals surface area contributed by atoms with E-state index in [1.165, 1.54) is 25.6 Å². The van der Waals surface area contributed by atoms with Crippen LogP contribution in [0.1, 0.15) is 35.1 Å². The fraction of sp³-hybridized carbons (Fsp3) is 0.238. The molecule has 0 fully saturated rings. The van der Waals surface area contributed by atoms with Crippen LogP contribution in [-0.4, -0.2) is 37.4 Å². The zero-order valence-corrected chi connectivity index (χ0v) is 18.0. The van der Waals surface area contributed by atoms with Crippen molar-refractivity contribution < 1.29 is 18.3 Å². The van der Waals surface area contributed by atoms with Crippen LogP contribution >= 0.6 is 11.6 Å². The van der Waals surface area contributed by atoms with E-state index >= 15 is 0 Å². The third kappa shape index (κ3) is 3.89. The minimum absolute atomic E-state index is 0.0105. The first kappa shape index (κ1) is 21.7. The molecule has 11 heteroatoms. The molecule has 1 amide bonds. The molecule has 0 aliphatic heterocycles. The van der Waals surface area contributed by atoms with Crippen LogP contribution in [0.15, 0.2) is 42.7 Å². The monoisotopic (exact) mass is 460 g/mol. The van der Waals surface area contributed by atoms with Gasteiger partial charge >= 0.3 is 0 Å². The van der Waals surface area contributed by atoms with Gasteiger partial charge in [0.05, 0.1) is 42.5 Å². The summed E-state index contributed by atoms with van der Waals surface area (Å²) in [6.45, 7) is 2.59. The summed E-state index contributed by atoms with van der Waals surface area (Å²) in [5.74, 6) is -0.0534. The van der Waals surface area contributed by atoms with E-state index in [0.717, 1.165) is 4.52 Å². The molecule has 0 saturated carbocycles. The number of aryl methyl sites for hydroxylation is 1. The topological polar surface area (TPSA) is 86.3 Å². The van der Waals surface area contributed by atoms with Gasteiger partial charge in [0.2, 0.25) is 0 Å². The molecule has 0 radical (unpaired) electrons. The van der Waals surface area contributed by atoms with Crippen LogP contribution < -0.4 is 10.1 Å². The zero-order chi connectivity index (χ0) is 22.8. The summed E-state index contributed by atoms with van der Waals surface area (Å²) in [7, 11) is 1.48. The SMILES string of the molecule is CCn1ncc(Cl)c1CNC(=O)c1cnn2c(C(F)F)cc(-c3ccccc3OC)nc12. The number of hydrogen-bond acceptors (Lipinski definition) is 5. The highest BCUT2D eigenvalue weighted by Gasteiger charge is 2.23. The molecule has 0 unspecified atom stereocenters. The summed E-state index contributed by atoms with van der Waals surface area (Å²) in [6.07, 6.45) is -0.117. The molecule has 1 N–H and O–H groups in total. The van der Waals surface area contributed by atoms with E-state index in [1.807, 2.05) is 6.92 Å². The summed E-state index contributed by atoms with van der Waals surface area (Å²) < 4.78 is 35.6. The number of carbonyl (C=O) groups is 1. The molecule has 0 spiro atoms. The maximum atomic E-state index is 13.8. The molecule has 0 atom stereocenters. The van der Waals surface area contributed by atoms with Gasteiger partial charge in [-0.15, -0.1) is 0 Å². The first-order valence-electron chi connectivity index (χ1n) is 9.73. The summed E-state index contributed by atoms with van der Waals surface area (Å²) in [6, 6.07) is 8.16. The van der Waals surface area contributed by atoms with Gasteiger partial charge in [-0.05, 0) is 25.1 Å². The van der Waals surface area contributed by atoms with E-state index in [0.29, 0.717) is 28.6 Å². The van der Waals surface area contributed by atoms with Gasteiger partial charge < -0.3 is 10.1 Å². The van der Waals surface area contributed by atoms with Crippen molar-refractivity contribution in [1.82, 2.24) is 29.7 Å². The molecule has 3 heterocycles. The number of carbonyl (C=O) groups excluding carboxylic acids is 1. The van der Waals surface area contributed by atoms with Crippen LogP contribution in [0.3, 0.4) is 0 Å². The Bertz CT molecular complexity index is 1290. The Morgan fingerprint density at radius 1 is 1.25 bits per heavy atom. The number of methoxy groups -OCH3 is 1. The zero-order valence-electron chi connectivity index (χ0n) is 17.2. The van der Waals surface area contributed by atoms with Crippen molar-refractivity contribution in [2.45, 2.75) is 26.4 Å². The fourth-order valence-electron chi connectivity index (χ4n) is 3.39. The number of para-hydroxylation sites is 1. The first-order valence-corrected chi connectivity index (χ1v) is 10.1. The van der Waals surface area contributed by atoms with Crippen molar-refractivity contribution in [3.05, 3.63) is 64.7 Å². The summed E-state index contributed by atoms with van der Waals surface area (Å²) in [5.41, 5.74) is 1.08. The highest BCUT2D eigenvalue weighted by Crippen LogP contribution is 2.32. The lowest BCUT2D eigenvalue weighted by atomic mass is 10.1. The van der Waals surface area contributed by atoms with Crippen LogP contribution in [0.5, 0.6) is 5.75 Å². The average Bonchev–Trinajstić information content (AvgIpc) is 3.39. The summed E-state index contributed by atoms with van der Waals surface area (Å²) >= 11 is 6.14. The largest absolute Gasteiger partial charge is 0.496 e. The van der Waals surface area contributed by atoms with E-state index in [9.17, 15) is 13.6 Å². The van der Waals surface area contributed by atoms with Crippen molar-refractivity contribution in [3.63, 3.8) is 0 Å². The first-order chi connectivity index (χ1) is 15.4. The normalized spacial score (nSPS) is 11.3. The summed E-state index contributed by atoms with van der Waals surface area (Å²) in [5, 5.41) is 11.3. The number of nitrogens with zero attached hydrogens (tertiary/aromatic N) is 5. The van der Waals surface area contributed by atoms with Crippen LogP contribution in [0.25, 0.3) is 16.9 Å². The molecular formula is C21H19ClF2N6O2. The molecular weight excluding hydrogens is 442 g/mol. The summed E-state index contributed by atoms with van der Waals surface area (Å²) in [4.78, 5) is 17.3. The molecule has 4 rings (SSSR count). The average molecular weight is 461 g/mol. The smallest absolute Gasteiger partial charge is 0.280 e. The van der Waals surface area contributed by atoms with Gasteiger partial charge in [0, 0.05) is 12.1 Å². The van der Waals surface area contributed by atoms with E-state index < -0.39 is 12.3 Å². The Morgan fingerprint density at radius 2 is 2.03 bits per heavy atom. The number of hydrogen-bond donors (Lipinski definition) is 1. The Labute approximate surface area is 186 Å². The van der Waals surface area contributed by atoms with Gasteiger partial charge in [-0.1, -0.05) is 23.7 Å². The minimum Gasteiger partial charge on any atom is -0.496 e. The number of nitrogens with one attached hydrogen (secondary N) is 1. The van der Waals surface area contributed by atoms with Crippen molar-refractivity contribution in [3.8, 4) is 17.0 Å². The molecule has 0 saturated heterocycles. The quantitative estimate of drug-likeness (QED) is 0.448. The highest BCUT2D eigenvalue weighted by atomic mass is 35.5. The third-order valence-corrected chi connectivity index (χ3v) is 5.28. The van der Waals surface area contributed by atoms with Crippen LogP contribution in [0, 0.1) is 0 Å². The molecule has 0 aliphatic carbocycles. The van der Waals surface area contributed by atoms with E-state index in [-0.39, 0.29) is 29.1 Å². The second-order valence-corrected chi connectivity index (χ2v) is 7.21. The lowest BCUT2D eigenvalue weighted by Crippen LogP contribution is -2.24. The maximum absolute atomic E-state index is 13.8. The van der Waals surface area contributed by atoms with Crippen molar-refractivity contribution >= 4 is 23.2 Å². The maximum Gasteiger partial charge on any atom is 0.280 e. The van der Waals surface area contributed by atoms with Crippen molar-refractivity contribution in [1.29, 1.82) is 0 Å². The number of aromatic nitrogens is 5. The van der Waals surface area contributed by atoms with Gasteiger partial charge in [-0.2, -0.15) is 10.2 Å². The van der Waals surface area contributed by atoms with Crippen molar-refractivity contribution in [2.24, 2.45) is 0 Å². The van der Waals surface area contributed by atoms with E-state index in [1.54, 1.807) is 28.9 Å². The number of alkyl halides is 2. The van der Waals surface area contributed by atoms with E-state index in [2.05, 4.69) is 20.5 Å². The van der Waals surface area contributed by atoms with Crippen LogP contribution in [-0.2, 0) is 13.1 Å². The minimum atomic E-state index is -2.83. The van der Waals surface area contributed by atoms with Gasteiger partial charge in [0.25, 0.3) is 12.3 Å². The number of amides is 1. The van der Waals surface area contributed by atoms with Gasteiger partial charge in [0.15, 0.2) is 5.65 Å². The predicted octanol–water partition coefficient (Wildman–Crippen LogP) is 4.14. The highest BCUT2D eigenvalue weighted by molar-refractivity contribution is 6.31. The number of rotatable bonds is 7. The lowest BCUT2D eigenvalue weighted by molar-refractivity contribution is 0.0951. The van der Waals surface area contributed by atoms with Gasteiger partial charge in [0.1, 0.15) is 17.0 Å². The second kappa shape index (κ2) is 8.91. The third-order valence-electron chi connectivity index (χ3n) is 4.96. The number of benzene rings is 1. The van der Waals surface area contributed by atoms with Gasteiger partial charge in [-0.25, -0.2) is 18.3 Å². The molecule has 0 aliphatic rings. The van der Waals surface area contributed by atoms with Crippen molar-refractivity contribution in [2.75, 3.05) is 7.11 Å². The Kier molecular flexibility index (Phi) is 6.04. The Balaban J connectivity index is 1.75. The fourth-order valence-corrected chi connectivity index (χ4v) is 3.60. The molecule has 0 bridgehead atoms. The molecule has 4 aromatic rings. The number of ether oxygens (including phenoxy) is 1. The molecule has 3 aromatic heterocycles. The number of fused-ring (bicyclic) bond motifs is 1. The number of halogens is 3. The van der Waals surface area contributed by atoms with Crippen LogP contribution in [0.4, 0.5) is 8.78 Å². The Morgan fingerprint density at radius 3 is 2.75 bits per heavy atom.